The first-order chi connectivity index (χ1) is 6.36. The van der Waals surface area contributed by atoms with Gasteiger partial charge in [0.2, 0.25) is 0 Å². The van der Waals surface area contributed by atoms with Crippen LogP contribution in [-0.2, 0) is 12.7 Å². The fourth-order valence-corrected chi connectivity index (χ4v) is 1.64. The summed E-state index contributed by atoms with van der Waals surface area (Å²) in [6.07, 6.45) is -4.40. The van der Waals surface area contributed by atoms with E-state index in [4.69, 9.17) is 11.5 Å². The third-order valence-corrected chi connectivity index (χ3v) is 2.41. The van der Waals surface area contributed by atoms with Crippen LogP contribution in [0.4, 0.5) is 18.9 Å². The second-order valence-electron chi connectivity index (χ2n) is 2.73. The van der Waals surface area contributed by atoms with E-state index in [0.717, 1.165) is 6.07 Å². The molecule has 0 aliphatic carbocycles. The molecule has 0 amide bonds. The van der Waals surface area contributed by atoms with Gasteiger partial charge in [0.15, 0.2) is 0 Å². The van der Waals surface area contributed by atoms with E-state index in [1.165, 1.54) is 6.07 Å². The number of halogens is 4. The molecule has 1 aromatic carbocycles. The first kappa shape index (κ1) is 11.3. The van der Waals surface area contributed by atoms with E-state index in [2.05, 4.69) is 15.9 Å². The van der Waals surface area contributed by atoms with E-state index in [1.54, 1.807) is 0 Å². The Bertz CT molecular complexity index is 349. The van der Waals surface area contributed by atoms with Gasteiger partial charge in [-0.3, -0.25) is 0 Å². The predicted octanol–water partition coefficient (Wildman–Crippen LogP) is 2.51. The minimum atomic E-state index is -4.40. The molecule has 6 heteroatoms. The molecule has 0 atom stereocenters. The first-order valence-corrected chi connectivity index (χ1v) is 4.50. The number of benzene rings is 1. The van der Waals surface area contributed by atoms with Gasteiger partial charge in [-0.2, -0.15) is 13.2 Å². The highest BCUT2D eigenvalue weighted by Gasteiger charge is 2.33. The Morgan fingerprint density at radius 1 is 1.29 bits per heavy atom. The summed E-state index contributed by atoms with van der Waals surface area (Å²) in [5, 5.41) is 0. The van der Waals surface area contributed by atoms with E-state index in [0.29, 0.717) is 5.56 Å². The number of hydrogen-bond acceptors (Lipinski definition) is 2. The van der Waals surface area contributed by atoms with Gasteiger partial charge < -0.3 is 11.5 Å². The molecule has 1 aromatic rings. The quantitative estimate of drug-likeness (QED) is 0.769. The second kappa shape index (κ2) is 3.78. The van der Waals surface area contributed by atoms with E-state index in [-0.39, 0.29) is 16.7 Å². The van der Waals surface area contributed by atoms with E-state index in [1.807, 2.05) is 0 Å². The van der Waals surface area contributed by atoms with Crippen molar-refractivity contribution in [3.63, 3.8) is 0 Å². The monoisotopic (exact) mass is 268 g/mol. The van der Waals surface area contributed by atoms with Gasteiger partial charge in [-0.25, -0.2) is 0 Å². The van der Waals surface area contributed by atoms with E-state index >= 15 is 0 Å². The average Bonchev–Trinajstić information content (AvgIpc) is 2.06. The van der Waals surface area contributed by atoms with Crippen molar-refractivity contribution in [1.82, 2.24) is 0 Å². The summed E-state index contributed by atoms with van der Waals surface area (Å²) in [5.74, 6) is 0. The Labute approximate surface area is 87.2 Å². The smallest absolute Gasteiger partial charge is 0.398 e. The molecule has 4 N–H and O–H groups in total. The van der Waals surface area contributed by atoms with Crippen molar-refractivity contribution in [2.75, 3.05) is 5.73 Å². The van der Waals surface area contributed by atoms with Gasteiger partial charge in [0, 0.05) is 16.7 Å². The van der Waals surface area contributed by atoms with Crippen molar-refractivity contribution in [2.45, 2.75) is 12.7 Å². The Balaban J connectivity index is 3.29. The van der Waals surface area contributed by atoms with Crippen LogP contribution < -0.4 is 11.5 Å². The average molecular weight is 269 g/mol. The summed E-state index contributed by atoms with van der Waals surface area (Å²) in [6.45, 7) is 0.114. The number of hydrogen-bond donors (Lipinski definition) is 2. The molecule has 0 aromatic heterocycles. The lowest BCUT2D eigenvalue weighted by atomic mass is 10.1. The molecule has 0 radical (unpaired) electrons. The van der Waals surface area contributed by atoms with E-state index < -0.39 is 11.7 Å². The lowest BCUT2D eigenvalue weighted by Crippen LogP contribution is -2.09. The molecule has 0 bridgehead atoms. The zero-order valence-electron chi connectivity index (χ0n) is 7.03. The van der Waals surface area contributed by atoms with Crippen LogP contribution in [0.1, 0.15) is 11.1 Å². The molecule has 14 heavy (non-hydrogen) atoms. The minimum absolute atomic E-state index is 0.0420. The van der Waals surface area contributed by atoms with Crippen molar-refractivity contribution < 1.29 is 13.2 Å². The maximum Gasteiger partial charge on any atom is 0.417 e. The van der Waals surface area contributed by atoms with Gasteiger partial charge in [-0.1, -0.05) is 15.9 Å². The third-order valence-electron chi connectivity index (χ3n) is 1.75. The molecule has 0 saturated carbocycles. The number of nitrogens with two attached hydrogens (primary N) is 2. The summed E-state index contributed by atoms with van der Waals surface area (Å²) >= 11 is 2.83. The van der Waals surface area contributed by atoms with Crippen LogP contribution >= 0.6 is 15.9 Å². The summed E-state index contributed by atoms with van der Waals surface area (Å²) < 4.78 is 37.0. The van der Waals surface area contributed by atoms with Crippen molar-refractivity contribution in [3.8, 4) is 0 Å². The van der Waals surface area contributed by atoms with Gasteiger partial charge in [-0.15, -0.1) is 0 Å². The van der Waals surface area contributed by atoms with Gasteiger partial charge in [-0.05, 0) is 17.7 Å². The minimum Gasteiger partial charge on any atom is -0.398 e. The summed E-state index contributed by atoms with van der Waals surface area (Å²) in [5.41, 5.74) is 10.5. The molecule has 0 aliphatic heterocycles. The van der Waals surface area contributed by atoms with Crippen LogP contribution in [0.2, 0.25) is 0 Å². The number of anilines is 1. The SMILES string of the molecule is NCc1cc(Br)c(C(F)(F)F)cc1N. The Morgan fingerprint density at radius 3 is 2.29 bits per heavy atom. The number of rotatable bonds is 1. The highest BCUT2D eigenvalue weighted by Crippen LogP contribution is 2.37. The Hall–Kier alpha value is -0.750. The normalized spacial score (nSPS) is 11.8. The molecule has 78 valence electrons. The van der Waals surface area contributed by atoms with Gasteiger partial charge in [0.1, 0.15) is 0 Å². The topological polar surface area (TPSA) is 52.0 Å². The van der Waals surface area contributed by atoms with Crippen LogP contribution in [0.15, 0.2) is 16.6 Å². The summed E-state index contributed by atoms with van der Waals surface area (Å²) in [6, 6.07) is 2.17. The van der Waals surface area contributed by atoms with Gasteiger partial charge in [0.25, 0.3) is 0 Å². The largest absolute Gasteiger partial charge is 0.417 e. The first-order valence-electron chi connectivity index (χ1n) is 3.71. The Kier molecular flexibility index (Phi) is 3.06. The highest BCUT2D eigenvalue weighted by molar-refractivity contribution is 9.10. The van der Waals surface area contributed by atoms with Crippen molar-refractivity contribution >= 4 is 21.6 Å². The molecule has 1 rings (SSSR count). The molecule has 0 aliphatic rings. The van der Waals surface area contributed by atoms with E-state index in [9.17, 15) is 13.2 Å². The second-order valence-corrected chi connectivity index (χ2v) is 3.59. The molecule has 2 nitrogen and oxygen atoms in total. The third kappa shape index (κ3) is 2.19. The lowest BCUT2D eigenvalue weighted by molar-refractivity contribution is -0.138. The summed E-state index contributed by atoms with van der Waals surface area (Å²) in [4.78, 5) is 0. The van der Waals surface area contributed by atoms with Gasteiger partial charge in [0.05, 0.1) is 5.56 Å². The van der Waals surface area contributed by atoms with Crippen molar-refractivity contribution in [1.29, 1.82) is 0 Å². The fourth-order valence-electron chi connectivity index (χ4n) is 1.03. The molecule has 0 heterocycles. The van der Waals surface area contributed by atoms with Crippen LogP contribution in [0.5, 0.6) is 0 Å². The maximum atomic E-state index is 12.3. The fraction of sp³-hybridized carbons (Fsp3) is 0.250. The predicted molar refractivity (Wildman–Crippen MR) is 51.4 cm³/mol. The molecule has 0 spiro atoms. The van der Waals surface area contributed by atoms with Crippen molar-refractivity contribution in [2.24, 2.45) is 5.73 Å². The van der Waals surface area contributed by atoms with Crippen LogP contribution in [0.25, 0.3) is 0 Å². The van der Waals surface area contributed by atoms with Gasteiger partial charge >= 0.3 is 6.18 Å². The summed E-state index contributed by atoms with van der Waals surface area (Å²) in [7, 11) is 0. The number of nitrogen functional groups attached to an aromatic ring is 1. The van der Waals surface area contributed by atoms with Crippen LogP contribution in [-0.4, -0.2) is 0 Å². The zero-order chi connectivity index (χ0) is 10.9. The number of alkyl halides is 3. The van der Waals surface area contributed by atoms with Crippen LogP contribution in [0, 0.1) is 0 Å². The van der Waals surface area contributed by atoms with Crippen LogP contribution in [0.3, 0.4) is 0 Å². The molecule has 0 fully saturated rings. The zero-order valence-corrected chi connectivity index (χ0v) is 8.61. The standard InChI is InChI=1S/C8H8BrF3N2/c9-6-1-4(3-13)7(14)2-5(6)8(10,11)12/h1-2H,3,13-14H2. The Morgan fingerprint density at radius 2 is 1.86 bits per heavy atom. The van der Waals surface area contributed by atoms with Crippen molar-refractivity contribution in [3.05, 3.63) is 27.7 Å². The lowest BCUT2D eigenvalue weighted by Gasteiger charge is -2.12. The molecule has 0 unspecified atom stereocenters. The molecule has 0 saturated heterocycles. The molecular formula is C8H8BrF3N2. The maximum absolute atomic E-state index is 12.3. The molecular weight excluding hydrogens is 261 g/mol. The highest BCUT2D eigenvalue weighted by atomic mass is 79.9.